The largest absolute Gasteiger partial charge is 0.404 e. The Morgan fingerprint density at radius 1 is 1.36 bits per heavy atom. The molecule has 6 nitrogen and oxygen atoms in total. The molecule has 0 aliphatic heterocycles. The van der Waals surface area contributed by atoms with Crippen molar-refractivity contribution < 1.29 is 4.79 Å². The third-order valence-electron chi connectivity index (χ3n) is 6.08. The van der Waals surface area contributed by atoms with Crippen molar-refractivity contribution >= 4 is 11.6 Å². The fourth-order valence-electron chi connectivity index (χ4n) is 3.94. The fraction of sp³-hybridized carbons (Fsp3) is 0.818. The van der Waals surface area contributed by atoms with Gasteiger partial charge in [0.15, 0.2) is 0 Å². The van der Waals surface area contributed by atoms with Crippen LogP contribution in [0.1, 0.15) is 53.4 Å². The SMILES string of the molecule is CNCCN(C)C/C(=C/N)C(=N)C1CCC(C)(C)C(C(=O)NCCC(C)C)C1. The maximum Gasteiger partial charge on any atom is 0.223 e. The van der Waals surface area contributed by atoms with Crippen LogP contribution in [0.15, 0.2) is 11.8 Å². The van der Waals surface area contributed by atoms with Crippen molar-refractivity contribution in [3.05, 3.63) is 11.8 Å². The van der Waals surface area contributed by atoms with E-state index in [4.69, 9.17) is 11.1 Å². The van der Waals surface area contributed by atoms with Crippen molar-refractivity contribution in [1.29, 1.82) is 5.41 Å². The number of nitrogens with one attached hydrogen (secondary N) is 3. The van der Waals surface area contributed by atoms with Gasteiger partial charge in [-0.2, -0.15) is 0 Å². The van der Waals surface area contributed by atoms with E-state index in [1.807, 2.05) is 14.1 Å². The van der Waals surface area contributed by atoms with Crippen LogP contribution in [0.2, 0.25) is 0 Å². The van der Waals surface area contributed by atoms with Gasteiger partial charge < -0.3 is 26.7 Å². The molecule has 2 unspecified atom stereocenters. The van der Waals surface area contributed by atoms with Crippen molar-refractivity contribution in [2.45, 2.75) is 53.4 Å². The number of nitrogens with two attached hydrogens (primary N) is 1. The lowest BCUT2D eigenvalue weighted by Crippen LogP contribution is -2.45. The molecule has 0 spiro atoms. The average molecular weight is 394 g/mol. The number of rotatable bonds is 11. The minimum Gasteiger partial charge on any atom is -0.404 e. The third kappa shape index (κ3) is 7.55. The Morgan fingerprint density at radius 2 is 2.04 bits per heavy atom. The summed E-state index contributed by atoms with van der Waals surface area (Å²) in [7, 11) is 3.98. The molecular weight excluding hydrogens is 350 g/mol. The first kappa shape index (κ1) is 24.6. The highest BCUT2D eigenvalue weighted by Crippen LogP contribution is 2.44. The lowest BCUT2D eigenvalue weighted by Gasteiger charge is -2.41. The Balaban J connectivity index is 2.75. The van der Waals surface area contributed by atoms with E-state index in [9.17, 15) is 4.79 Å². The van der Waals surface area contributed by atoms with Gasteiger partial charge in [0.25, 0.3) is 0 Å². The second kappa shape index (κ2) is 11.6. The highest BCUT2D eigenvalue weighted by atomic mass is 16.1. The molecule has 28 heavy (non-hydrogen) atoms. The van der Waals surface area contributed by atoms with Crippen LogP contribution in [0.4, 0.5) is 0 Å². The van der Waals surface area contributed by atoms with Crippen molar-refractivity contribution in [2.75, 3.05) is 40.3 Å². The minimum atomic E-state index is -0.0557. The normalized spacial score (nSPS) is 22.5. The molecule has 0 aromatic rings. The number of hydrogen-bond donors (Lipinski definition) is 4. The van der Waals surface area contributed by atoms with E-state index in [0.717, 1.165) is 50.9 Å². The number of hydrogen-bond acceptors (Lipinski definition) is 5. The summed E-state index contributed by atoms with van der Waals surface area (Å²) < 4.78 is 0. The van der Waals surface area contributed by atoms with E-state index in [2.05, 4.69) is 43.2 Å². The molecule has 0 radical (unpaired) electrons. The number of carbonyl (C=O) groups is 1. The van der Waals surface area contributed by atoms with Crippen LogP contribution in [0.5, 0.6) is 0 Å². The van der Waals surface area contributed by atoms with Crippen LogP contribution < -0.4 is 16.4 Å². The summed E-state index contributed by atoms with van der Waals surface area (Å²) in [6.07, 6.45) is 5.21. The van der Waals surface area contributed by atoms with E-state index in [1.54, 1.807) is 6.20 Å². The molecule has 0 aromatic carbocycles. The van der Waals surface area contributed by atoms with Gasteiger partial charge in [-0.3, -0.25) is 4.79 Å². The van der Waals surface area contributed by atoms with Crippen molar-refractivity contribution in [3.8, 4) is 0 Å². The van der Waals surface area contributed by atoms with Gasteiger partial charge in [0.2, 0.25) is 5.91 Å². The molecule has 1 amide bonds. The molecule has 1 saturated carbocycles. The van der Waals surface area contributed by atoms with E-state index < -0.39 is 0 Å². The predicted octanol–water partition coefficient (Wildman–Crippen LogP) is 2.60. The van der Waals surface area contributed by atoms with Crippen molar-refractivity contribution in [3.63, 3.8) is 0 Å². The third-order valence-corrected chi connectivity index (χ3v) is 6.08. The van der Waals surface area contributed by atoms with Crippen LogP contribution in [-0.2, 0) is 4.79 Å². The molecule has 0 aromatic heterocycles. The van der Waals surface area contributed by atoms with E-state index in [0.29, 0.717) is 18.2 Å². The number of nitrogens with zero attached hydrogens (tertiary/aromatic N) is 1. The summed E-state index contributed by atoms with van der Waals surface area (Å²) in [6.45, 7) is 11.9. The van der Waals surface area contributed by atoms with E-state index >= 15 is 0 Å². The zero-order valence-electron chi connectivity index (χ0n) is 18.9. The first-order chi connectivity index (χ1) is 13.1. The van der Waals surface area contributed by atoms with Crippen LogP contribution in [0.3, 0.4) is 0 Å². The summed E-state index contributed by atoms with van der Waals surface area (Å²) in [4.78, 5) is 15.0. The van der Waals surface area contributed by atoms with Gasteiger partial charge in [-0.05, 0) is 51.1 Å². The van der Waals surface area contributed by atoms with Crippen molar-refractivity contribution in [1.82, 2.24) is 15.5 Å². The van der Waals surface area contributed by atoms with Gasteiger partial charge in [0.05, 0.1) is 0 Å². The van der Waals surface area contributed by atoms with Crippen LogP contribution in [0.25, 0.3) is 0 Å². The lowest BCUT2D eigenvalue weighted by molar-refractivity contribution is -0.130. The van der Waals surface area contributed by atoms with Crippen LogP contribution in [-0.4, -0.2) is 56.8 Å². The number of carbonyl (C=O) groups excluding carboxylic acids is 1. The fourth-order valence-corrected chi connectivity index (χ4v) is 3.94. The molecule has 1 aliphatic carbocycles. The molecule has 1 aliphatic rings. The number of amides is 1. The van der Waals surface area contributed by atoms with Crippen molar-refractivity contribution in [2.24, 2.45) is 28.9 Å². The average Bonchev–Trinajstić information content (AvgIpc) is 2.63. The van der Waals surface area contributed by atoms with Crippen LogP contribution in [0, 0.1) is 28.6 Å². The van der Waals surface area contributed by atoms with Gasteiger partial charge >= 0.3 is 0 Å². The molecule has 0 saturated heterocycles. The number of likely N-dealkylation sites (N-methyl/N-ethyl adjacent to an activating group) is 2. The monoisotopic (exact) mass is 393 g/mol. The second-order valence-electron chi connectivity index (χ2n) is 9.43. The highest BCUT2D eigenvalue weighted by molar-refractivity contribution is 6.00. The van der Waals surface area contributed by atoms with E-state index in [-0.39, 0.29) is 23.2 Å². The Kier molecular flexibility index (Phi) is 10.2. The Hall–Kier alpha value is -1.40. The topological polar surface area (TPSA) is 94.2 Å². The molecule has 162 valence electrons. The minimum absolute atomic E-state index is 0.0329. The molecule has 2 atom stereocenters. The highest BCUT2D eigenvalue weighted by Gasteiger charge is 2.42. The summed E-state index contributed by atoms with van der Waals surface area (Å²) in [6, 6.07) is 0. The summed E-state index contributed by atoms with van der Waals surface area (Å²) in [5.74, 6) is 0.770. The quantitative estimate of drug-likeness (QED) is 0.406. The Morgan fingerprint density at radius 3 is 2.61 bits per heavy atom. The zero-order chi connectivity index (χ0) is 21.3. The van der Waals surface area contributed by atoms with Gasteiger partial charge in [-0.15, -0.1) is 0 Å². The molecule has 0 heterocycles. The first-order valence-corrected chi connectivity index (χ1v) is 10.7. The van der Waals surface area contributed by atoms with Gasteiger partial charge in [-0.25, -0.2) is 0 Å². The zero-order valence-corrected chi connectivity index (χ0v) is 18.9. The molecule has 5 N–H and O–H groups in total. The standard InChI is InChI=1S/C22H43N5O/c1-16(2)8-10-26-21(28)19-13-17(7-9-22(19,3)4)20(24)18(14-23)15-27(6)12-11-25-5/h14,16-17,19,24-25H,7-13,15,23H2,1-6H3,(H,26,28)/b18-14-,24-20?. The van der Waals surface area contributed by atoms with Crippen LogP contribution >= 0.6 is 0 Å². The molecule has 1 fully saturated rings. The Labute approximate surface area is 172 Å². The maximum atomic E-state index is 12.9. The first-order valence-electron chi connectivity index (χ1n) is 10.7. The molecule has 0 bridgehead atoms. The summed E-state index contributed by atoms with van der Waals surface area (Å²) in [5, 5.41) is 15.0. The maximum absolute atomic E-state index is 12.9. The summed E-state index contributed by atoms with van der Waals surface area (Å²) in [5.41, 5.74) is 7.32. The summed E-state index contributed by atoms with van der Waals surface area (Å²) >= 11 is 0. The molecular formula is C22H43N5O. The molecule has 6 heteroatoms. The Bertz CT molecular complexity index is 541. The molecule has 1 rings (SSSR count). The van der Waals surface area contributed by atoms with Gasteiger partial charge in [-0.1, -0.05) is 27.7 Å². The second-order valence-corrected chi connectivity index (χ2v) is 9.43. The lowest BCUT2D eigenvalue weighted by atomic mass is 9.63. The smallest absolute Gasteiger partial charge is 0.223 e. The van der Waals surface area contributed by atoms with Gasteiger partial charge in [0.1, 0.15) is 0 Å². The predicted molar refractivity (Wildman–Crippen MR) is 118 cm³/mol. The van der Waals surface area contributed by atoms with E-state index in [1.165, 1.54) is 0 Å². The van der Waals surface area contributed by atoms with Gasteiger partial charge in [0, 0.05) is 55.5 Å².